The minimum absolute atomic E-state index is 0.185. The largest absolute Gasteiger partial charge is 0.490 e. The van der Waals surface area contributed by atoms with E-state index < -0.39 is 0 Å². The fraction of sp³-hybridized carbons (Fsp3) is 0.174. The van der Waals surface area contributed by atoms with Crippen molar-refractivity contribution in [1.82, 2.24) is 15.1 Å². The van der Waals surface area contributed by atoms with Gasteiger partial charge in [-0.15, -0.1) is 0 Å². The average molecular weight is 464 g/mol. The summed E-state index contributed by atoms with van der Waals surface area (Å²) in [5.41, 5.74) is 3.79. The first-order valence-electron chi connectivity index (χ1n) is 9.60. The normalized spacial score (nSPS) is 15.0. The van der Waals surface area contributed by atoms with Gasteiger partial charge in [-0.25, -0.2) is 4.98 Å². The highest BCUT2D eigenvalue weighted by molar-refractivity contribution is 9.10. The molecular formula is C23H18BrN3O3. The molecule has 30 heavy (non-hydrogen) atoms. The zero-order valence-corrected chi connectivity index (χ0v) is 18.0. The minimum Gasteiger partial charge on any atom is -0.490 e. The predicted octanol–water partition coefficient (Wildman–Crippen LogP) is 5.99. The molecule has 0 spiro atoms. The number of benzene rings is 2. The van der Waals surface area contributed by atoms with E-state index in [9.17, 15) is 0 Å². The number of halogens is 1. The highest BCUT2D eigenvalue weighted by atomic mass is 79.9. The van der Waals surface area contributed by atoms with Gasteiger partial charge in [-0.1, -0.05) is 11.2 Å². The van der Waals surface area contributed by atoms with Gasteiger partial charge in [0.1, 0.15) is 17.6 Å². The van der Waals surface area contributed by atoms with Crippen molar-refractivity contribution >= 4 is 15.9 Å². The molecule has 1 aliphatic rings. The van der Waals surface area contributed by atoms with E-state index in [0.29, 0.717) is 28.9 Å². The molecule has 0 aliphatic carbocycles. The van der Waals surface area contributed by atoms with Crippen molar-refractivity contribution in [1.29, 1.82) is 0 Å². The first kappa shape index (κ1) is 18.8. The molecule has 1 atom stereocenters. The Bertz CT molecular complexity index is 1240. The lowest BCUT2D eigenvalue weighted by Crippen LogP contribution is -2.05. The van der Waals surface area contributed by atoms with Gasteiger partial charge in [0.15, 0.2) is 0 Å². The number of nitrogens with zero attached hydrogens (tertiary/aromatic N) is 3. The molecule has 0 fully saturated rings. The number of hydrogen-bond donors (Lipinski definition) is 0. The molecule has 1 unspecified atom stereocenters. The molecule has 0 saturated carbocycles. The van der Waals surface area contributed by atoms with Gasteiger partial charge in [0.05, 0.1) is 10.0 Å². The van der Waals surface area contributed by atoms with E-state index in [4.69, 9.17) is 14.0 Å². The van der Waals surface area contributed by atoms with Crippen molar-refractivity contribution in [2.45, 2.75) is 26.4 Å². The van der Waals surface area contributed by atoms with Gasteiger partial charge in [-0.2, -0.15) is 4.98 Å². The fourth-order valence-electron chi connectivity index (χ4n) is 3.44. The van der Waals surface area contributed by atoms with Crippen LogP contribution in [0, 0.1) is 6.92 Å². The lowest BCUT2D eigenvalue weighted by Gasteiger charge is -2.09. The quantitative estimate of drug-likeness (QED) is 0.370. The number of pyridine rings is 1. The molecule has 0 saturated heterocycles. The second-order valence-corrected chi connectivity index (χ2v) is 8.12. The number of hydrogen-bond acceptors (Lipinski definition) is 6. The molecule has 0 bridgehead atoms. The van der Waals surface area contributed by atoms with Crippen LogP contribution in [0.25, 0.3) is 22.8 Å². The van der Waals surface area contributed by atoms with Crippen LogP contribution in [0.2, 0.25) is 0 Å². The van der Waals surface area contributed by atoms with E-state index >= 15 is 0 Å². The summed E-state index contributed by atoms with van der Waals surface area (Å²) in [4.78, 5) is 8.95. The smallest absolute Gasteiger partial charge is 0.258 e. The standard InChI is InChI=1S/C23H18BrN3O3/c1-13-5-7-20(18(24)10-13)29-23-17(4-3-9-25-23)21-26-22(30-27-21)15-6-8-19-16(12-15)11-14(2)28-19/h3-10,12,14H,11H2,1-2H3. The molecule has 0 radical (unpaired) electrons. The van der Waals surface area contributed by atoms with Gasteiger partial charge >= 0.3 is 0 Å². The van der Waals surface area contributed by atoms with Gasteiger partial charge in [-0.3, -0.25) is 0 Å². The SMILES string of the molecule is Cc1ccc(Oc2ncccc2-c2noc(-c3ccc4c(c3)CC(C)O4)n2)c(Br)c1. The van der Waals surface area contributed by atoms with Crippen LogP contribution in [0.4, 0.5) is 0 Å². The van der Waals surface area contributed by atoms with Crippen molar-refractivity contribution < 1.29 is 14.0 Å². The molecule has 2 aromatic carbocycles. The monoisotopic (exact) mass is 463 g/mol. The van der Waals surface area contributed by atoms with E-state index in [1.807, 2.05) is 55.5 Å². The predicted molar refractivity (Wildman–Crippen MR) is 116 cm³/mol. The van der Waals surface area contributed by atoms with Crippen LogP contribution in [0.1, 0.15) is 18.1 Å². The molecule has 0 N–H and O–H groups in total. The molecule has 150 valence electrons. The summed E-state index contributed by atoms with van der Waals surface area (Å²) in [6, 6.07) is 15.5. The summed E-state index contributed by atoms with van der Waals surface area (Å²) in [6.07, 6.45) is 2.73. The Hall–Kier alpha value is -3.19. The van der Waals surface area contributed by atoms with Gasteiger partial charge in [0.2, 0.25) is 11.7 Å². The molecule has 3 heterocycles. The van der Waals surface area contributed by atoms with Crippen LogP contribution in [0.15, 0.2) is 63.7 Å². The highest BCUT2D eigenvalue weighted by Crippen LogP contribution is 2.36. The average Bonchev–Trinajstić information content (AvgIpc) is 3.36. The summed E-state index contributed by atoms with van der Waals surface area (Å²) < 4.78 is 18.2. The van der Waals surface area contributed by atoms with Gasteiger partial charge in [-0.05, 0) is 83.4 Å². The van der Waals surface area contributed by atoms with Crippen molar-refractivity contribution in [2.24, 2.45) is 0 Å². The Labute approximate surface area is 182 Å². The van der Waals surface area contributed by atoms with Crippen molar-refractivity contribution in [2.75, 3.05) is 0 Å². The van der Waals surface area contributed by atoms with Crippen molar-refractivity contribution in [3.05, 3.63) is 70.3 Å². The van der Waals surface area contributed by atoms with Crippen LogP contribution < -0.4 is 9.47 Å². The van der Waals surface area contributed by atoms with Crippen LogP contribution in [0.5, 0.6) is 17.4 Å². The molecule has 7 heteroatoms. The Morgan fingerprint density at radius 3 is 2.90 bits per heavy atom. The van der Waals surface area contributed by atoms with Crippen LogP contribution in [-0.4, -0.2) is 21.2 Å². The third-order valence-corrected chi connectivity index (χ3v) is 5.49. The van der Waals surface area contributed by atoms with Gasteiger partial charge in [0.25, 0.3) is 5.89 Å². The Morgan fingerprint density at radius 2 is 2.03 bits per heavy atom. The third kappa shape index (κ3) is 3.57. The lowest BCUT2D eigenvalue weighted by molar-refractivity contribution is 0.254. The number of aryl methyl sites for hydroxylation is 1. The zero-order chi connectivity index (χ0) is 20.7. The first-order chi connectivity index (χ1) is 14.6. The molecule has 1 aliphatic heterocycles. The first-order valence-corrected chi connectivity index (χ1v) is 10.4. The zero-order valence-electron chi connectivity index (χ0n) is 16.4. The van der Waals surface area contributed by atoms with E-state index in [1.54, 1.807) is 6.20 Å². The third-order valence-electron chi connectivity index (χ3n) is 4.88. The molecule has 4 aromatic rings. The number of ether oxygens (including phenoxy) is 2. The second kappa shape index (κ2) is 7.57. The summed E-state index contributed by atoms with van der Waals surface area (Å²) in [6.45, 7) is 4.08. The summed E-state index contributed by atoms with van der Waals surface area (Å²) >= 11 is 3.54. The lowest BCUT2D eigenvalue weighted by atomic mass is 10.1. The van der Waals surface area contributed by atoms with Crippen LogP contribution in [-0.2, 0) is 6.42 Å². The number of aromatic nitrogens is 3. The Morgan fingerprint density at radius 1 is 1.13 bits per heavy atom. The molecule has 5 rings (SSSR count). The fourth-order valence-corrected chi connectivity index (χ4v) is 4.01. The molecule has 6 nitrogen and oxygen atoms in total. The minimum atomic E-state index is 0.185. The van der Waals surface area contributed by atoms with Crippen molar-refractivity contribution in [3.8, 4) is 40.2 Å². The van der Waals surface area contributed by atoms with E-state index in [1.165, 1.54) is 0 Å². The summed E-state index contributed by atoms with van der Waals surface area (Å²) in [5, 5.41) is 4.16. The topological polar surface area (TPSA) is 70.3 Å². The molecule has 2 aromatic heterocycles. The van der Waals surface area contributed by atoms with Crippen LogP contribution >= 0.6 is 15.9 Å². The van der Waals surface area contributed by atoms with Gasteiger partial charge < -0.3 is 14.0 Å². The maximum atomic E-state index is 6.04. The van der Waals surface area contributed by atoms with E-state index in [2.05, 4.69) is 38.0 Å². The maximum Gasteiger partial charge on any atom is 0.258 e. The second-order valence-electron chi connectivity index (χ2n) is 7.27. The maximum absolute atomic E-state index is 6.04. The number of fused-ring (bicyclic) bond motifs is 1. The van der Waals surface area contributed by atoms with Gasteiger partial charge in [0, 0.05) is 18.2 Å². The van der Waals surface area contributed by atoms with E-state index in [0.717, 1.165) is 33.3 Å². The summed E-state index contributed by atoms with van der Waals surface area (Å²) in [5.74, 6) is 2.85. The highest BCUT2D eigenvalue weighted by Gasteiger charge is 2.21. The number of rotatable bonds is 4. The Kier molecular flexibility index (Phi) is 4.75. The Balaban J connectivity index is 1.47. The van der Waals surface area contributed by atoms with E-state index in [-0.39, 0.29) is 6.10 Å². The van der Waals surface area contributed by atoms with Crippen LogP contribution in [0.3, 0.4) is 0 Å². The van der Waals surface area contributed by atoms with Crippen molar-refractivity contribution in [3.63, 3.8) is 0 Å². The molecular weight excluding hydrogens is 446 g/mol. The molecule has 0 amide bonds. The summed E-state index contributed by atoms with van der Waals surface area (Å²) in [7, 11) is 0.